The lowest BCUT2D eigenvalue weighted by Gasteiger charge is -2.32. The van der Waals surface area contributed by atoms with Crippen LogP contribution in [0.4, 0.5) is 0 Å². The number of rotatable bonds is 5. The molecule has 0 aromatic rings. The van der Waals surface area contributed by atoms with Gasteiger partial charge >= 0.3 is 5.97 Å². The lowest BCUT2D eigenvalue weighted by molar-refractivity contribution is -0.153. The minimum Gasteiger partial charge on any atom is -0.459 e. The summed E-state index contributed by atoms with van der Waals surface area (Å²) in [6.45, 7) is 7.48. The minimum atomic E-state index is -0.497. The van der Waals surface area contributed by atoms with Crippen molar-refractivity contribution in [3.8, 4) is 0 Å². The topological polar surface area (TPSA) is 109 Å². The lowest BCUT2D eigenvalue weighted by atomic mass is 10.1. The first-order valence-electron chi connectivity index (χ1n) is 7.89. The lowest BCUT2D eigenvalue weighted by Crippen LogP contribution is -2.50. The number of nitrogens with two attached hydrogens (primary N) is 1. The van der Waals surface area contributed by atoms with Crippen LogP contribution in [0.3, 0.4) is 0 Å². The largest absolute Gasteiger partial charge is 0.459 e. The Labute approximate surface area is 137 Å². The van der Waals surface area contributed by atoms with Crippen molar-refractivity contribution in [3.63, 3.8) is 0 Å². The van der Waals surface area contributed by atoms with Crippen molar-refractivity contribution >= 4 is 17.8 Å². The molecule has 0 spiro atoms. The Morgan fingerprint density at radius 3 is 2.39 bits per heavy atom. The third-order valence-electron chi connectivity index (χ3n) is 3.35. The van der Waals surface area contributed by atoms with Gasteiger partial charge < -0.3 is 21.1 Å². The van der Waals surface area contributed by atoms with E-state index in [9.17, 15) is 9.59 Å². The molecule has 1 aliphatic rings. The molecule has 0 bridgehead atoms. The number of hydrogen-bond acceptors (Lipinski definition) is 5. The third kappa shape index (κ3) is 8.39. The van der Waals surface area contributed by atoms with Gasteiger partial charge in [-0.2, -0.15) is 0 Å². The highest BCUT2D eigenvalue weighted by molar-refractivity contribution is 5.84. The smallest absolute Gasteiger partial charge is 0.325 e. The van der Waals surface area contributed by atoms with Crippen LogP contribution in [0.2, 0.25) is 0 Å². The summed E-state index contributed by atoms with van der Waals surface area (Å²) in [5.74, 6) is -0.0489. The maximum Gasteiger partial charge on any atom is 0.325 e. The van der Waals surface area contributed by atoms with Gasteiger partial charge in [-0.05, 0) is 33.6 Å². The average Bonchev–Trinajstić information content (AvgIpc) is 2.42. The molecule has 23 heavy (non-hydrogen) atoms. The number of hydrogen-bond donors (Lipinski definition) is 3. The van der Waals surface area contributed by atoms with Gasteiger partial charge in [0.05, 0.1) is 6.54 Å². The normalized spacial score (nSPS) is 17.7. The Bertz CT molecular complexity index is 437. The van der Waals surface area contributed by atoms with Crippen molar-refractivity contribution in [2.45, 2.75) is 45.3 Å². The second kappa shape index (κ2) is 8.71. The predicted molar refractivity (Wildman–Crippen MR) is 89.0 cm³/mol. The number of piperidine rings is 1. The average molecular weight is 327 g/mol. The van der Waals surface area contributed by atoms with Crippen molar-refractivity contribution < 1.29 is 14.3 Å². The van der Waals surface area contributed by atoms with Crippen LogP contribution >= 0.6 is 0 Å². The summed E-state index contributed by atoms with van der Waals surface area (Å²) in [7, 11) is 1.66. The summed E-state index contributed by atoms with van der Waals surface area (Å²) in [6, 6.07) is 0.254. The minimum absolute atomic E-state index is 0.0669. The Morgan fingerprint density at radius 1 is 1.30 bits per heavy atom. The molecular formula is C15H29N5O3. The van der Waals surface area contributed by atoms with Gasteiger partial charge in [0.25, 0.3) is 0 Å². The second-order valence-electron chi connectivity index (χ2n) is 6.67. The molecule has 0 saturated carbocycles. The van der Waals surface area contributed by atoms with Crippen molar-refractivity contribution in [2.24, 2.45) is 10.7 Å². The van der Waals surface area contributed by atoms with E-state index in [2.05, 4.69) is 15.6 Å². The van der Waals surface area contributed by atoms with Crippen molar-refractivity contribution in [2.75, 3.05) is 33.2 Å². The van der Waals surface area contributed by atoms with E-state index in [0.717, 1.165) is 25.9 Å². The molecule has 0 unspecified atom stereocenters. The number of amides is 1. The van der Waals surface area contributed by atoms with Crippen LogP contribution in [0.15, 0.2) is 4.99 Å². The molecular weight excluding hydrogens is 298 g/mol. The quantitative estimate of drug-likeness (QED) is 0.355. The van der Waals surface area contributed by atoms with Gasteiger partial charge in [0.2, 0.25) is 5.91 Å². The van der Waals surface area contributed by atoms with Gasteiger partial charge in [0.1, 0.15) is 12.1 Å². The molecule has 1 amide bonds. The molecule has 8 heteroatoms. The van der Waals surface area contributed by atoms with E-state index in [-0.39, 0.29) is 24.5 Å². The van der Waals surface area contributed by atoms with Gasteiger partial charge in [0, 0.05) is 26.2 Å². The van der Waals surface area contributed by atoms with Crippen molar-refractivity contribution in [3.05, 3.63) is 0 Å². The fourth-order valence-corrected chi connectivity index (χ4v) is 2.38. The standard InChI is InChI=1S/C15H29N5O3/c1-15(2,3)23-13(22)9-18-14(17-4)19-11-5-7-20(8-6-11)10-12(16)21/h11H,5-10H2,1-4H3,(H2,16,21)(H2,17,18,19). The Hall–Kier alpha value is -1.83. The second-order valence-corrected chi connectivity index (χ2v) is 6.67. The SMILES string of the molecule is CN=C(NCC(=O)OC(C)(C)C)NC1CCN(CC(N)=O)CC1. The van der Waals surface area contributed by atoms with Crippen LogP contribution in [-0.2, 0) is 14.3 Å². The van der Waals surface area contributed by atoms with E-state index < -0.39 is 5.60 Å². The molecule has 0 aromatic heterocycles. The van der Waals surface area contributed by atoms with Gasteiger partial charge in [0.15, 0.2) is 5.96 Å². The maximum atomic E-state index is 11.7. The Morgan fingerprint density at radius 2 is 1.91 bits per heavy atom. The third-order valence-corrected chi connectivity index (χ3v) is 3.35. The van der Waals surface area contributed by atoms with Crippen LogP contribution in [0.25, 0.3) is 0 Å². The molecule has 1 heterocycles. The fraction of sp³-hybridized carbons (Fsp3) is 0.800. The summed E-state index contributed by atoms with van der Waals surface area (Å²) >= 11 is 0. The number of esters is 1. The van der Waals surface area contributed by atoms with E-state index >= 15 is 0 Å². The van der Waals surface area contributed by atoms with E-state index in [4.69, 9.17) is 10.5 Å². The Kier molecular flexibility index (Phi) is 7.28. The number of nitrogens with zero attached hydrogens (tertiary/aromatic N) is 2. The zero-order valence-electron chi connectivity index (χ0n) is 14.5. The highest BCUT2D eigenvalue weighted by Crippen LogP contribution is 2.09. The number of carbonyl (C=O) groups is 2. The van der Waals surface area contributed by atoms with Crippen LogP contribution in [0.5, 0.6) is 0 Å². The summed E-state index contributed by atoms with van der Waals surface area (Å²) in [5.41, 5.74) is 4.71. The van der Waals surface area contributed by atoms with Crippen LogP contribution < -0.4 is 16.4 Å². The van der Waals surface area contributed by atoms with Crippen molar-refractivity contribution in [1.29, 1.82) is 0 Å². The van der Waals surface area contributed by atoms with E-state index in [1.807, 2.05) is 25.7 Å². The monoisotopic (exact) mass is 327 g/mol. The zero-order chi connectivity index (χ0) is 17.5. The van der Waals surface area contributed by atoms with E-state index in [1.54, 1.807) is 7.05 Å². The Balaban J connectivity index is 2.32. The van der Waals surface area contributed by atoms with Crippen LogP contribution in [0, 0.1) is 0 Å². The zero-order valence-corrected chi connectivity index (χ0v) is 14.5. The van der Waals surface area contributed by atoms with Crippen LogP contribution in [0.1, 0.15) is 33.6 Å². The summed E-state index contributed by atoms with van der Waals surface area (Å²) in [4.78, 5) is 28.8. The molecule has 132 valence electrons. The molecule has 0 aromatic carbocycles. The molecule has 1 rings (SSSR count). The fourth-order valence-electron chi connectivity index (χ4n) is 2.38. The predicted octanol–water partition coefficient (Wildman–Crippen LogP) is -0.557. The van der Waals surface area contributed by atoms with Gasteiger partial charge in [-0.25, -0.2) is 0 Å². The number of carbonyl (C=O) groups excluding carboxylic acids is 2. The first kappa shape index (κ1) is 19.2. The summed E-state index contributed by atoms with van der Waals surface area (Å²) in [5, 5.41) is 6.25. The van der Waals surface area contributed by atoms with Gasteiger partial charge in [-0.15, -0.1) is 0 Å². The first-order valence-corrected chi connectivity index (χ1v) is 7.89. The molecule has 8 nitrogen and oxygen atoms in total. The number of nitrogens with one attached hydrogen (secondary N) is 2. The molecule has 0 aliphatic carbocycles. The molecule has 4 N–H and O–H groups in total. The first-order chi connectivity index (χ1) is 10.7. The summed E-state index contributed by atoms with van der Waals surface area (Å²) < 4.78 is 5.24. The number of likely N-dealkylation sites (tertiary alicyclic amines) is 1. The van der Waals surface area contributed by atoms with Crippen LogP contribution in [-0.4, -0.2) is 67.6 Å². The molecule has 0 radical (unpaired) electrons. The van der Waals surface area contributed by atoms with Gasteiger partial charge in [-0.3, -0.25) is 19.5 Å². The molecule has 0 atom stereocenters. The van der Waals surface area contributed by atoms with E-state index in [1.165, 1.54) is 0 Å². The molecule has 1 aliphatic heterocycles. The summed E-state index contributed by atoms with van der Waals surface area (Å²) in [6.07, 6.45) is 1.78. The number of primary amides is 1. The number of aliphatic imine (C=N–C) groups is 1. The number of ether oxygens (including phenoxy) is 1. The van der Waals surface area contributed by atoms with Gasteiger partial charge in [-0.1, -0.05) is 0 Å². The molecule has 1 saturated heterocycles. The number of guanidine groups is 1. The highest BCUT2D eigenvalue weighted by Gasteiger charge is 2.21. The molecule has 1 fully saturated rings. The van der Waals surface area contributed by atoms with Crippen molar-refractivity contribution in [1.82, 2.24) is 15.5 Å². The maximum absolute atomic E-state index is 11.7. The van der Waals surface area contributed by atoms with E-state index in [0.29, 0.717) is 12.5 Å². The highest BCUT2D eigenvalue weighted by atomic mass is 16.6.